The van der Waals surface area contributed by atoms with E-state index in [1.54, 1.807) is 41.5 Å². The van der Waals surface area contributed by atoms with Gasteiger partial charge in [0, 0.05) is 44.5 Å². The molecular weight excluding hydrogens is 522 g/mol. The first kappa shape index (κ1) is 27.4. The number of furan rings is 1. The van der Waals surface area contributed by atoms with E-state index in [1.165, 1.54) is 6.92 Å². The molecule has 0 unspecified atom stereocenters. The van der Waals surface area contributed by atoms with E-state index in [0.717, 1.165) is 23.5 Å². The third-order valence-electron chi connectivity index (χ3n) is 5.77. The maximum atomic E-state index is 11.6. The number of carbonyl (C=O) groups is 2. The molecule has 4 rings (SSSR count). The van der Waals surface area contributed by atoms with Crippen LogP contribution >= 0.6 is 11.6 Å². The van der Waals surface area contributed by atoms with Crippen molar-refractivity contribution in [3.63, 3.8) is 0 Å². The van der Waals surface area contributed by atoms with E-state index in [2.05, 4.69) is 40.0 Å². The lowest BCUT2D eigenvalue weighted by molar-refractivity contribution is -0.114. The zero-order chi connectivity index (χ0) is 27.4. The normalized spacial score (nSPS) is 11.5. The summed E-state index contributed by atoms with van der Waals surface area (Å²) in [6.45, 7) is 11.2. The molecule has 1 N–H and O–H groups in total. The van der Waals surface area contributed by atoms with E-state index >= 15 is 0 Å². The molecule has 3 heterocycles. The first-order chi connectivity index (χ1) is 18.0. The number of anilines is 1. The average Bonchev–Trinajstić information content (AvgIpc) is 3.50. The van der Waals surface area contributed by atoms with Crippen molar-refractivity contribution in [3.8, 4) is 34.0 Å². The molecule has 3 aromatic heterocycles. The highest BCUT2D eigenvalue weighted by Gasteiger charge is 2.23. The van der Waals surface area contributed by atoms with Crippen molar-refractivity contribution in [2.75, 3.05) is 11.9 Å². The second kappa shape index (κ2) is 11.4. The van der Waals surface area contributed by atoms with Gasteiger partial charge in [-0.2, -0.15) is 0 Å². The number of nitrogens with zero attached hydrogens (tertiary/aromatic N) is 4. The highest BCUT2D eigenvalue weighted by Crippen LogP contribution is 2.41. The number of pyridine rings is 1. The summed E-state index contributed by atoms with van der Waals surface area (Å²) in [4.78, 5) is 31.8. The minimum atomic E-state index is -1.20. The van der Waals surface area contributed by atoms with Crippen LogP contribution in [0.25, 0.3) is 34.0 Å². The number of aromatic nitrogens is 4. The minimum Gasteiger partial charge on any atom is -0.455 e. The predicted octanol–water partition coefficient (Wildman–Crippen LogP) is 6.31. The Morgan fingerprint density at radius 1 is 1.16 bits per heavy atom. The third kappa shape index (κ3) is 6.63. The largest absolute Gasteiger partial charge is 0.455 e. The number of nitrogens with one attached hydrogen (secondary N) is 1. The molecule has 0 fully saturated rings. The number of ether oxygens (including phenoxy) is 1. The molecule has 1 amide bonds. The maximum Gasteiger partial charge on any atom is 0.222 e. The van der Waals surface area contributed by atoms with Gasteiger partial charge in [-0.3, -0.25) is 9.59 Å². The summed E-state index contributed by atoms with van der Waals surface area (Å²) in [6.07, 6.45) is 4.02. The van der Waals surface area contributed by atoms with Crippen LogP contribution in [0.4, 0.5) is 5.82 Å². The topological polar surface area (TPSA) is 112 Å². The summed E-state index contributed by atoms with van der Waals surface area (Å²) >= 11 is 6.55. The fourth-order valence-corrected chi connectivity index (χ4v) is 4.69. The lowest BCUT2D eigenvalue weighted by atomic mass is 10.0. The van der Waals surface area contributed by atoms with Gasteiger partial charge in [-0.15, -0.1) is 5.10 Å². The van der Waals surface area contributed by atoms with Crippen molar-refractivity contribution in [1.82, 2.24) is 19.7 Å². The number of aldehydes is 1. The smallest absolute Gasteiger partial charge is 0.222 e. The van der Waals surface area contributed by atoms with Gasteiger partial charge in [-0.25, -0.2) is 14.6 Å². The number of benzene rings is 1. The number of halogens is 1. The summed E-state index contributed by atoms with van der Waals surface area (Å²) < 4.78 is 13.8. The van der Waals surface area contributed by atoms with Crippen LogP contribution in [0.2, 0.25) is 30.7 Å². The quantitative estimate of drug-likeness (QED) is 0.139. The van der Waals surface area contributed by atoms with Crippen LogP contribution in [0, 0.1) is 6.92 Å². The monoisotopic (exact) mass is 551 g/mol. The summed E-state index contributed by atoms with van der Waals surface area (Å²) in [6, 6.07) is 9.58. The van der Waals surface area contributed by atoms with E-state index in [1.807, 2.05) is 13.0 Å². The van der Waals surface area contributed by atoms with Crippen molar-refractivity contribution in [2.24, 2.45) is 0 Å². The highest BCUT2D eigenvalue weighted by atomic mass is 35.5. The molecule has 0 atom stereocenters. The summed E-state index contributed by atoms with van der Waals surface area (Å²) in [5, 5.41) is 7.72. The van der Waals surface area contributed by atoms with Gasteiger partial charge in [0.15, 0.2) is 5.82 Å². The number of aryl methyl sites for hydroxylation is 1. The zero-order valence-electron chi connectivity index (χ0n) is 22.0. The van der Waals surface area contributed by atoms with Gasteiger partial charge >= 0.3 is 0 Å². The molecule has 0 aliphatic rings. The molecule has 0 radical (unpaired) electrons. The van der Waals surface area contributed by atoms with Gasteiger partial charge in [-0.05, 0) is 42.8 Å². The SMILES string of the molecule is CC(=O)Nc1cc(-c2cc(-c3ncn(COCC[Si](C)(C)C)n3)c(-c3cc(C=O)ccc3Cl)o2)c(C)cn1. The van der Waals surface area contributed by atoms with Crippen LogP contribution in [0.3, 0.4) is 0 Å². The van der Waals surface area contributed by atoms with Crippen molar-refractivity contribution < 1.29 is 18.7 Å². The molecule has 0 spiro atoms. The zero-order valence-corrected chi connectivity index (χ0v) is 23.8. The summed E-state index contributed by atoms with van der Waals surface area (Å²) in [5.41, 5.74) is 3.16. The number of hydrogen-bond donors (Lipinski definition) is 1. The van der Waals surface area contributed by atoms with E-state index in [-0.39, 0.29) is 12.6 Å². The molecule has 4 aromatic rings. The van der Waals surface area contributed by atoms with E-state index in [0.29, 0.717) is 51.5 Å². The van der Waals surface area contributed by atoms with Crippen molar-refractivity contribution in [2.45, 2.75) is 46.3 Å². The molecule has 198 valence electrons. The molecule has 1 aromatic carbocycles. The molecular formula is C27H30ClN5O4Si. The van der Waals surface area contributed by atoms with Crippen LogP contribution in [0.5, 0.6) is 0 Å². The number of carbonyl (C=O) groups excluding carboxylic acids is 2. The predicted molar refractivity (Wildman–Crippen MR) is 150 cm³/mol. The number of rotatable bonds is 10. The Kier molecular flexibility index (Phi) is 8.25. The van der Waals surface area contributed by atoms with Crippen molar-refractivity contribution in [1.29, 1.82) is 0 Å². The molecule has 0 aliphatic carbocycles. The Balaban J connectivity index is 1.75. The van der Waals surface area contributed by atoms with Gasteiger partial charge in [0.05, 0.1) is 10.6 Å². The van der Waals surface area contributed by atoms with E-state index in [9.17, 15) is 9.59 Å². The van der Waals surface area contributed by atoms with Crippen molar-refractivity contribution >= 4 is 37.7 Å². The minimum absolute atomic E-state index is 0.229. The molecule has 0 saturated heterocycles. The van der Waals surface area contributed by atoms with Gasteiger partial charge < -0.3 is 14.5 Å². The molecule has 11 heteroatoms. The number of amides is 1. The summed E-state index contributed by atoms with van der Waals surface area (Å²) in [5.74, 6) is 1.52. The fraction of sp³-hybridized carbons (Fsp3) is 0.296. The van der Waals surface area contributed by atoms with Crippen molar-refractivity contribution in [3.05, 3.63) is 59.0 Å². The van der Waals surface area contributed by atoms with Gasteiger partial charge in [0.2, 0.25) is 5.91 Å². The van der Waals surface area contributed by atoms with E-state index in [4.69, 9.17) is 20.8 Å². The molecule has 38 heavy (non-hydrogen) atoms. The lowest BCUT2D eigenvalue weighted by Crippen LogP contribution is -2.22. The van der Waals surface area contributed by atoms with Gasteiger partial charge in [0.1, 0.15) is 36.7 Å². The Bertz CT molecular complexity index is 1470. The van der Waals surface area contributed by atoms with Gasteiger partial charge in [-0.1, -0.05) is 37.3 Å². The summed E-state index contributed by atoms with van der Waals surface area (Å²) in [7, 11) is -1.20. The first-order valence-corrected chi connectivity index (χ1v) is 16.2. The maximum absolute atomic E-state index is 11.6. The van der Waals surface area contributed by atoms with Crippen LogP contribution in [-0.2, 0) is 16.3 Å². The molecule has 9 nitrogen and oxygen atoms in total. The standard InChI is InChI=1S/C27H30ClN5O4Si/c1-17-13-29-25(31-18(2)35)12-20(17)24-11-22(26(37-24)21-10-19(14-34)6-7-23(21)28)27-30-15-33(32-27)16-36-8-9-38(3,4)5/h6-7,10-15H,8-9,16H2,1-5H3,(H,29,31,35). The Labute approximate surface area is 227 Å². The fourth-order valence-electron chi connectivity index (χ4n) is 3.73. The lowest BCUT2D eigenvalue weighted by Gasteiger charge is -2.15. The Morgan fingerprint density at radius 2 is 1.95 bits per heavy atom. The first-order valence-electron chi connectivity index (χ1n) is 12.1. The second-order valence-corrected chi connectivity index (χ2v) is 16.3. The Hall–Kier alpha value is -3.60. The van der Waals surface area contributed by atoms with E-state index < -0.39 is 8.07 Å². The molecule has 0 bridgehead atoms. The van der Waals surface area contributed by atoms with Crippen LogP contribution in [-0.4, -0.2) is 46.6 Å². The molecule has 0 aliphatic heterocycles. The number of hydrogen-bond acceptors (Lipinski definition) is 7. The van der Waals surface area contributed by atoms with Gasteiger partial charge in [0.25, 0.3) is 0 Å². The average molecular weight is 552 g/mol. The Morgan fingerprint density at radius 3 is 2.66 bits per heavy atom. The third-order valence-corrected chi connectivity index (χ3v) is 7.81. The van der Waals surface area contributed by atoms with Crippen LogP contribution in [0.15, 0.2) is 47.3 Å². The second-order valence-electron chi connectivity index (χ2n) is 10.2. The van der Waals surface area contributed by atoms with Crippen LogP contribution in [0.1, 0.15) is 22.8 Å². The van der Waals surface area contributed by atoms with Crippen LogP contribution < -0.4 is 5.32 Å². The molecule has 0 saturated carbocycles. The highest BCUT2D eigenvalue weighted by molar-refractivity contribution is 6.76.